The van der Waals surface area contributed by atoms with E-state index in [2.05, 4.69) is 4.85 Å². The third kappa shape index (κ3) is 4.39. The van der Waals surface area contributed by atoms with Gasteiger partial charge in [-0.05, 0) is 30.3 Å². The van der Waals surface area contributed by atoms with Crippen molar-refractivity contribution in [3.63, 3.8) is 0 Å². The molecular weight excluding hydrogens is 454 g/mol. The van der Waals surface area contributed by atoms with Crippen LogP contribution in [-0.2, 0) is 16.2 Å². The van der Waals surface area contributed by atoms with Crippen molar-refractivity contribution in [2.45, 2.75) is 11.1 Å². The molecule has 0 amide bonds. The number of ether oxygens (including phenoxy) is 1. The van der Waals surface area contributed by atoms with E-state index in [1.54, 1.807) is 0 Å². The largest absolute Gasteiger partial charge is 0.493 e. The molecular formula is C20H15F4N3O4S. The molecule has 0 bridgehead atoms. The zero-order chi connectivity index (χ0) is 23.7. The van der Waals surface area contributed by atoms with E-state index in [-0.39, 0.29) is 31.1 Å². The lowest BCUT2D eigenvalue weighted by Crippen LogP contribution is -2.62. The number of aliphatic hydroxyl groups is 1. The van der Waals surface area contributed by atoms with Crippen molar-refractivity contribution in [2.24, 2.45) is 5.41 Å². The molecule has 0 radical (unpaired) electrons. The zero-order valence-corrected chi connectivity index (χ0v) is 17.0. The topological polar surface area (TPSA) is 95.0 Å². The van der Waals surface area contributed by atoms with Gasteiger partial charge in [-0.3, -0.25) is 0 Å². The molecule has 0 unspecified atom stereocenters. The lowest BCUT2D eigenvalue weighted by molar-refractivity contribution is -0.137. The van der Waals surface area contributed by atoms with Crippen LogP contribution in [0.3, 0.4) is 0 Å². The van der Waals surface area contributed by atoms with Gasteiger partial charge in [-0.2, -0.15) is 22.7 Å². The maximum atomic E-state index is 13.7. The molecule has 1 fully saturated rings. The minimum Gasteiger partial charge on any atom is -0.493 e. The Morgan fingerprint density at radius 2 is 1.94 bits per heavy atom. The van der Waals surface area contributed by atoms with Gasteiger partial charge >= 0.3 is 6.18 Å². The molecule has 1 N–H and O–H groups in total. The van der Waals surface area contributed by atoms with Gasteiger partial charge in [0.05, 0.1) is 41.2 Å². The Hall–Kier alpha value is -3.19. The summed E-state index contributed by atoms with van der Waals surface area (Å²) in [7, 11) is -4.30. The summed E-state index contributed by atoms with van der Waals surface area (Å²) < 4.78 is 84.3. The van der Waals surface area contributed by atoms with E-state index in [0.717, 1.165) is 16.4 Å². The van der Waals surface area contributed by atoms with Gasteiger partial charge in [0, 0.05) is 19.2 Å². The predicted octanol–water partition coefficient (Wildman–Crippen LogP) is 3.33. The fourth-order valence-electron chi connectivity index (χ4n) is 3.17. The van der Waals surface area contributed by atoms with E-state index >= 15 is 0 Å². The molecule has 1 aliphatic heterocycles. The molecule has 3 rings (SSSR count). The Bertz CT molecular complexity index is 1230. The van der Waals surface area contributed by atoms with Crippen LogP contribution in [-0.4, -0.2) is 44.1 Å². The standard InChI is InChI=1S/C20H15F4N3O4S/c1-26-17-4-3-15(7-16(17)21)31-12-19(11-28)9-27(10-19)32(29,30)18-5-2-14(20(22,23)24)6-13(18)8-25/h2-7,28H,9-12H2. The molecule has 0 saturated carbocycles. The molecule has 7 nitrogen and oxygen atoms in total. The quantitative estimate of drug-likeness (QED) is 0.517. The summed E-state index contributed by atoms with van der Waals surface area (Å²) in [6.07, 6.45) is -4.74. The number of nitriles is 1. The maximum absolute atomic E-state index is 13.7. The molecule has 32 heavy (non-hydrogen) atoms. The van der Waals surface area contributed by atoms with Crippen LogP contribution in [0.4, 0.5) is 23.2 Å². The predicted molar refractivity (Wildman–Crippen MR) is 103 cm³/mol. The van der Waals surface area contributed by atoms with E-state index in [9.17, 15) is 31.1 Å². The van der Waals surface area contributed by atoms with Gasteiger partial charge in [0.25, 0.3) is 0 Å². The molecule has 1 aliphatic rings. The summed E-state index contributed by atoms with van der Waals surface area (Å²) in [5.41, 5.74) is -3.01. The lowest BCUT2D eigenvalue weighted by atomic mass is 9.83. The number of hydrogen-bond donors (Lipinski definition) is 1. The van der Waals surface area contributed by atoms with Gasteiger partial charge in [-0.1, -0.05) is 0 Å². The van der Waals surface area contributed by atoms with Gasteiger partial charge in [-0.25, -0.2) is 17.7 Å². The third-order valence-electron chi connectivity index (χ3n) is 4.99. The van der Waals surface area contributed by atoms with Crippen LogP contribution in [0.25, 0.3) is 4.85 Å². The smallest absolute Gasteiger partial charge is 0.416 e. The highest BCUT2D eigenvalue weighted by Crippen LogP contribution is 2.38. The van der Waals surface area contributed by atoms with E-state index in [0.29, 0.717) is 12.1 Å². The normalized spacial score (nSPS) is 16.0. The lowest BCUT2D eigenvalue weighted by Gasteiger charge is -2.47. The summed E-state index contributed by atoms with van der Waals surface area (Å²) in [5.74, 6) is -0.710. The molecule has 1 heterocycles. The van der Waals surface area contributed by atoms with Crippen molar-refractivity contribution in [1.82, 2.24) is 4.31 Å². The Labute approximate surface area is 180 Å². The fraction of sp³-hybridized carbons (Fsp3) is 0.300. The first-order chi connectivity index (χ1) is 15.0. The monoisotopic (exact) mass is 469 g/mol. The van der Waals surface area contributed by atoms with Crippen molar-refractivity contribution in [3.8, 4) is 11.8 Å². The van der Waals surface area contributed by atoms with Crippen molar-refractivity contribution >= 4 is 15.7 Å². The number of alkyl halides is 3. The van der Waals surface area contributed by atoms with Gasteiger partial charge in [0.2, 0.25) is 15.7 Å². The Balaban J connectivity index is 1.75. The second-order valence-corrected chi connectivity index (χ2v) is 9.17. The van der Waals surface area contributed by atoms with Crippen LogP contribution in [0, 0.1) is 29.1 Å². The maximum Gasteiger partial charge on any atom is 0.416 e. The van der Waals surface area contributed by atoms with E-state index in [1.165, 1.54) is 18.2 Å². The second-order valence-electron chi connectivity index (χ2n) is 7.27. The summed E-state index contributed by atoms with van der Waals surface area (Å²) in [5, 5.41) is 18.9. The van der Waals surface area contributed by atoms with E-state index in [4.69, 9.17) is 16.6 Å². The number of nitrogens with zero attached hydrogens (tertiary/aromatic N) is 3. The Morgan fingerprint density at radius 3 is 2.47 bits per heavy atom. The minimum absolute atomic E-state index is 0.0820. The Morgan fingerprint density at radius 1 is 1.25 bits per heavy atom. The molecule has 12 heteroatoms. The SMILES string of the molecule is [C-]#[N+]c1ccc(OCC2(CO)CN(S(=O)(=O)c3ccc(C(F)(F)F)cc3C#N)C2)cc1F. The van der Waals surface area contributed by atoms with E-state index in [1.807, 2.05) is 0 Å². The van der Waals surface area contributed by atoms with Crippen molar-refractivity contribution in [3.05, 3.63) is 64.8 Å². The number of benzene rings is 2. The minimum atomic E-state index is -4.74. The molecule has 2 aromatic rings. The molecule has 0 atom stereocenters. The molecule has 0 aromatic heterocycles. The highest BCUT2D eigenvalue weighted by atomic mass is 32.2. The molecule has 2 aromatic carbocycles. The summed E-state index contributed by atoms with van der Waals surface area (Å²) in [4.78, 5) is 2.41. The summed E-state index contributed by atoms with van der Waals surface area (Å²) in [6, 6.07) is 6.82. The first kappa shape index (κ1) is 23.5. The number of aliphatic hydroxyl groups excluding tert-OH is 1. The van der Waals surface area contributed by atoms with Crippen LogP contribution in [0.15, 0.2) is 41.3 Å². The van der Waals surface area contributed by atoms with Gasteiger partial charge in [0.1, 0.15) is 17.6 Å². The molecule has 168 valence electrons. The van der Waals surface area contributed by atoms with Crippen LogP contribution >= 0.6 is 0 Å². The number of halogens is 4. The average Bonchev–Trinajstić information content (AvgIpc) is 2.72. The fourth-order valence-corrected chi connectivity index (χ4v) is 4.96. The average molecular weight is 469 g/mol. The van der Waals surface area contributed by atoms with Crippen molar-refractivity contribution < 1.29 is 35.8 Å². The molecule has 1 saturated heterocycles. The third-order valence-corrected chi connectivity index (χ3v) is 6.84. The first-order valence-electron chi connectivity index (χ1n) is 8.98. The number of hydrogen-bond acceptors (Lipinski definition) is 5. The number of sulfonamides is 1. The highest BCUT2D eigenvalue weighted by Gasteiger charge is 2.49. The van der Waals surface area contributed by atoms with Crippen molar-refractivity contribution in [1.29, 1.82) is 5.26 Å². The van der Waals surface area contributed by atoms with E-state index < -0.39 is 50.1 Å². The summed E-state index contributed by atoms with van der Waals surface area (Å²) in [6.45, 7) is 5.73. The Kier molecular flexibility index (Phi) is 6.15. The van der Waals surface area contributed by atoms with Crippen LogP contribution in [0.2, 0.25) is 0 Å². The van der Waals surface area contributed by atoms with Gasteiger partial charge < -0.3 is 9.84 Å². The molecule has 0 aliphatic carbocycles. The molecule has 0 spiro atoms. The highest BCUT2D eigenvalue weighted by molar-refractivity contribution is 7.89. The zero-order valence-electron chi connectivity index (χ0n) is 16.2. The first-order valence-corrected chi connectivity index (χ1v) is 10.4. The number of rotatable bonds is 6. The van der Waals surface area contributed by atoms with Gasteiger partial charge in [-0.15, -0.1) is 0 Å². The second kappa shape index (κ2) is 8.39. The van der Waals surface area contributed by atoms with Crippen molar-refractivity contribution in [2.75, 3.05) is 26.3 Å². The van der Waals surface area contributed by atoms with Crippen LogP contribution < -0.4 is 4.74 Å². The summed E-state index contributed by atoms with van der Waals surface area (Å²) >= 11 is 0. The van der Waals surface area contributed by atoms with Crippen LogP contribution in [0.5, 0.6) is 5.75 Å². The van der Waals surface area contributed by atoms with Crippen LogP contribution in [0.1, 0.15) is 11.1 Å². The van der Waals surface area contributed by atoms with Gasteiger partial charge in [0.15, 0.2) is 0 Å².